The molecule has 0 saturated carbocycles. The van der Waals surface area contributed by atoms with Crippen molar-refractivity contribution >= 4 is 0 Å². The summed E-state index contributed by atoms with van der Waals surface area (Å²) in [5.74, 6) is 0. The molecule has 0 radical (unpaired) electrons. The van der Waals surface area contributed by atoms with Gasteiger partial charge < -0.3 is 14.8 Å². The number of hydrogen-bond acceptors (Lipinski definition) is 3. The zero-order valence-corrected chi connectivity index (χ0v) is 8.95. The first-order valence-corrected chi connectivity index (χ1v) is 4.98. The van der Waals surface area contributed by atoms with E-state index in [0.29, 0.717) is 0 Å². The molecule has 1 aliphatic rings. The molecule has 14 heavy (non-hydrogen) atoms. The Morgan fingerprint density at radius 1 is 1.36 bits per heavy atom. The van der Waals surface area contributed by atoms with E-state index in [9.17, 15) is 0 Å². The van der Waals surface area contributed by atoms with Crippen LogP contribution in [-0.4, -0.2) is 33.6 Å². The molecule has 0 bridgehead atoms. The summed E-state index contributed by atoms with van der Waals surface area (Å²) in [5, 5.41) is 3.29. The lowest BCUT2D eigenvalue weighted by molar-refractivity contribution is -0.0983. The van der Waals surface area contributed by atoms with Gasteiger partial charge in [0.1, 0.15) is 0 Å². The zero-order valence-electron chi connectivity index (χ0n) is 8.95. The summed E-state index contributed by atoms with van der Waals surface area (Å²) in [7, 11) is 3.30. The van der Waals surface area contributed by atoms with Crippen LogP contribution in [0.2, 0.25) is 0 Å². The molecule has 0 spiro atoms. The van der Waals surface area contributed by atoms with Crippen LogP contribution in [0.15, 0.2) is 23.8 Å². The molecule has 0 fully saturated rings. The van der Waals surface area contributed by atoms with Gasteiger partial charge in [0.2, 0.25) is 0 Å². The minimum absolute atomic E-state index is 0.150. The molecular weight excluding hydrogens is 178 g/mol. The fourth-order valence-corrected chi connectivity index (χ4v) is 1.40. The third-order valence-electron chi connectivity index (χ3n) is 2.24. The van der Waals surface area contributed by atoms with Gasteiger partial charge in [0.25, 0.3) is 0 Å². The molecule has 3 nitrogen and oxygen atoms in total. The van der Waals surface area contributed by atoms with E-state index in [4.69, 9.17) is 9.47 Å². The van der Waals surface area contributed by atoms with Crippen LogP contribution >= 0.6 is 0 Å². The standard InChI is InChI=1S/C11H19NO2/c1-13-11(14-2)9-12-8-10-6-4-3-5-7-10/h4,6-7,11-12H,3,5,8-9H2,1-2H3. The molecule has 0 amide bonds. The number of rotatable bonds is 6. The van der Waals surface area contributed by atoms with Gasteiger partial charge in [0, 0.05) is 27.3 Å². The lowest BCUT2D eigenvalue weighted by Gasteiger charge is -2.14. The molecule has 1 N–H and O–H groups in total. The van der Waals surface area contributed by atoms with Crippen LogP contribution in [0.25, 0.3) is 0 Å². The van der Waals surface area contributed by atoms with E-state index in [-0.39, 0.29) is 6.29 Å². The molecular formula is C11H19NO2. The van der Waals surface area contributed by atoms with Gasteiger partial charge in [-0.15, -0.1) is 0 Å². The molecule has 0 aromatic carbocycles. The van der Waals surface area contributed by atoms with E-state index in [1.54, 1.807) is 14.2 Å². The van der Waals surface area contributed by atoms with Crippen LogP contribution < -0.4 is 5.32 Å². The maximum absolute atomic E-state index is 5.07. The van der Waals surface area contributed by atoms with Crippen LogP contribution in [0.5, 0.6) is 0 Å². The lowest BCUT2D eigenvalue weighted by atomic mass is 10.1. The number of allylic oxidation sites excluding steroid dienone is 2. The van der Waals surface area contributed by atoms with E-state index in [0.717, 1.165) is 19.5 Å². The Morgan fingerprint density at radius 3 is 2.71 bits per heavy atom. The normalized spacial score (nSPS) is 16.1. The molecule has 80 valence electrons. The third-order valence-corrected chi connectivity index (χ3v) is 2.24. The smallest absolute Gasteiger partial charge is 0.169 e. The third kappa shape index (κ3) is 4.05. The molecule has 1 aliphatic carbocycles. The highest BCUT2D eigenvalue weighted by atomic mass is 16.7. The largest absolute Gasteiger partial charge is 0.355 e. The number of ether oxygens (including phenoxy) is 2. The van der Waals surface area contributed by atoms with Crippen molar-refractivity contribution in [2.24, 2.45) is 0 Å². The molecule has 0 aromatic rings. The van der Waals surface area contributed by atoms with Crippen molar-refractivity contribution in [3.05, 3.63) is 23.8 Å². The summed E-state index contributed by atoms with van der Waals surface area (Å²) in [6, 6.07) is 0. The molecule has 0 unspecified atom stereocenters. The number of hydrogen-bond donors (Lipinski definition) is 1. The quantitative estimate of drug-likeness (QED) is 0.654. The maximum atomic E-state index is 5.07. The zero-order chi connectivity index (χ0) is 10.2. The van der Waals surface area contributed by atoms with E-state index in [1.165, 1.54) is 12.0 Å². The molecule has 0 aliphatic heterocycles. The van der Waals surface area contributed by atoms with Crippen molar-refractivity contribution in [2.75, 3.05) is 27.3 Å². The monoisotopic (exact) mass is 197 g/mol. The Morgan fingerprint density at radius 2 is 2.14 bits per heavy atom. The predicted octanol–water partition coefficient (Wildman–Crippen LogP) is 1.47. The van der Waals surface area contributed by atoms with Crippen molar-refractivity contribution in [1.82, 2.24) is 5.32 Å². The second-order valence-electron chi connectivity index (χ2n) is 3.29. The molecule has 1 rings (SSSR count). The minimum Gasteiger partial charge on any atom is -0.355 e. The Bertz CT molecular complexity index is 207. The number of methoxy groups -OCH3 is 2. The molecule has 3 heteroatoms. The van der Waals surface area contributed by atoms with Gasteiger partial charge in [-0.3, -0.25) is 0 Å². The second kappa shape index (κ2) is 6.76. The average Bonchev–Trinajstić information content (AvgIpc) is 2.26. The van der Waals surface area contributed by atoms with Crippen molar-refractivity contribution in [1.29, 1.82) is 0 Å². The Hall–Kier alpha value is -0.640. The van der Waals surface area contributed by atoms with E-state index >= 15 is 0 Å². The van der Waals surface area contributed by atoms with Crippen molar-refractivity contribution in [3.63, 3.8) is 0 Å². The molecule has 0 heterocycles. The summed E-state index contributed by atoms with van der Waals surface area (Å²) in [5.41, 5.74) is 1.35. The van der Waals surface area contributed by atoms with E-state index < -0.39 is 0 Å². The van der Waals surface area contributed by atoms with Gasteiger partial charge in [-0.2, -0.15) is 0 Å². The maximum Gasteiger partial charge on any atom is 0.169 e. The highest BCUT2D eigenvalue weighted by Crippen LogP contribution is 2.08. The van der Waals surface area contributed by atoms with Crippen LogP contribution in [0.1, 0.15) is 12.8 Å². The SMILES string of the molecule is COC(CNCC1=CCCC=C1)OC. The van der Waals surface area contributed by atoms with Gasteiger partial charge in [0.05, 0.1) is 0 Å². The van der Waals surface area contributed by atoms with Crippen molar-refractivity contribution < 1.29 is 9.47 Å². The van der Waals surface area contributed by atoms with Gasteiger partial charge in [0.15, 0.2) is 6.29 Å². The first kappa shape index (κ1) is 11.4. The van der Waals surface area contributed by atoms with Gasteiger partial charge >= 0.3 is 0 Å². The highest BCUT2D eigenvalue weighted by Gasteiger charge is 2.04. The fourth-order valence-electron chi connectivity index (χ4n) is 1.40. The fraction of sp³-hybridized carbons (Fsp3) is 0.636. The molecule has 0 atom stereocenters. The summed E-state index contributed by atoms with van der Waals surface area (Å²) in [4.78, 5) is 0. The highest BCUT2D eigenvalue weighted by molar-refractivity contribution is 5.23. The van der Waals surface area contributed by atoms with E-state index in [1.807, 2.05) is 0 Å². The summed E-state index contributed by atoms with van der Waals surface area (Å²) >= 11 is 0. The van der Waals surface area contributed by atoms with Crippen molar-refractivity contribution in [3.8, 4) is 0 Å². The average molecular weight is 197 g/mol. The van der Waals surface area contributed by atoms with Crippen LogP contribution in [-0.2, 0) is 9.47 Å². The van der Waals surface area contributed by atoms with E-state index in [2.05, 4.69) is 23.5 Å². The number of nitrogens with one attached hydrogen (secondary N) is 1. The topological polar surface area (TPSA) is 30.5 Å². The predicted molar refractivity (Wildman–Crippen MR) is 57.1 cm³/mol. The van der Waals surface area contributed by atoms with Crippen LogP contribution in [0, 0.1) is 0 Å². The lowest BCUT2D eigenvalue weighted by Crippen LogP contribution is -2.30. The Kier molecular flexibility index (Phi) is 5.52. The van der Waals surface area contributed by atoms with Gasteiger partial charge in [-0.05, 0) is 18.4 Å². The van der Waals surface area contributed by atoms with Gasteiger partial charge in [-0.1, -0.05) is 18.2 Å². The van der Waals surface area contributed by atoms with Crippen LogP contribution in [0.3, 0.4) is 0 Å². The van der Waals surface area contributed by atoms with Crippen LogP contribution in [0.4, 0.5) is 0 Å². The van der Waals surface area contributed by atoms with Crippen molar-refractivity contribution in [2.45, 2.75) is 19.1 Å². The second-order valence-corrected chi connectivity index (χ2v) is 3.29. The summed E-state index contributed by atoms with van der Waals surface area (Å²) in [6.45, 7) is 1.61. The molecule has 0 aromatic heterocycles. The summed E-state index contributed by atoms with van der Waals surface area (Å²) in [6.07, 6.45) is 8.82. The summed E-state index contributed by atoms with van der Waals surface area (Å²) < 4.78 is 10.1. The van der Waals surface area contributed by atoms with Gasteiger partial charge in [-0.25, -0.2) is 0 Å². The first-order chi connectivity index (χ1) is 6.86. The Labute approximate surface area is 85.8 Å². The first-order valence-electron chi connectivity index (χ1n) is 4.98. The molecule has 0 saturated heterocycles. The minimum atomic E-state index is -0.150. The Balaban J connectivity index is 2.14.